The molecule has 1 saturated heterocycles. The van der Waals surface area contributed by atoms with Gasteiger partial charge in [-0.15, -0.1) is 0 Å². The van der Waals surface area contributed by atoms with Crippen molar-refractivity contribution in [1.82, 2.24) is 4.90 Å². The Morgan fingerprint density at radius 2 is 2.29 bits per heavy atom. The van der Waals surface area contributed by atoms with Crippen LogP contribution in [0.5, 0.6) is 0 Å². The van der Waals surface area contributed by atoms with Gasteiger partial charge in [-0.25, -0.2) is 4.39 Å². The van der Waals surface area contributed by atoms with Crippen LogP contribution in [0, 0.1) is 5.82 Å². The number of benzene rings is 1. The third-order valence-electron chi connectivity index (χ3n) is 4.00. The van der Waals surface area contributed by atoms with E-state index < -0.39 is 0 Å². The highest BCUT2D eigenvalue weighted by Gasteiger charge is 2.32. The predicted molar refractivity (Wildman–Crippen MR) is 80.5 cm³/mol. The quantitative estimate of drug-likeness (QED) is 0.876. The van der Waals surface area contributed by atoms with Crippen LogP contribution < -0.4 is 5.32 Å². The number of aliphatic hydroxyl groups excluding tert-OH is 1. The number of aliphatic hydroxyl groups is 1. The Morgan fingerprint density at radius 3 is 2.95 bits per heavy atom. The van der Waals surface area contributed by atoms with Crippen molar-refractivity contribution in [3.8, 4) is 0 Å². The van der Waals surface area contributed by atoms with Crippen molar-refractivity contribution >= 4 is 11.6 Å². The topological polar surface area (TPSA) is 52.6 Å². The molecular formula is C16H23FN2O2. The fourth-order valence-electron chi connectivity index (χ4n) is 2.98. The van der Waals surface area contributed by atoms with E-state index in [1.54, 1.807) is 19.1 Å². The van der Waals surface area contributed by atoms with Crippen LogP contribution >= 0.6 is 0 Å². The summed E-state index contributed by atoms with van der Waals surface area (Å²) in [6.07, 6.45) is 2.35. The van der Waals surface area contributed by atoms with Gasteiger partial charge >= 0.3 is 0 Å². The monoisotopic (exact) mass is 294 g/mol. The molecule has 1 aliphatic heterocycles. The molecule has 1 aromatic carbocycles. The standard InChI is InChI=1S/C16H23FN2O2/c1-11(20)9-15-7-4-8-19(15)12(2)16(21)18-14-6-3-5-13(17)10-14/h3,5-6,10-12,15,20H,4,7-9H2,1-2H3,(H,18,21). The molecule has 116 valence electrons. The van der Waals surface area contributed by atoms with Gasteiger partial charge in [0.15, 0.2) is 0 Å². The van der Waals surface area contributed by atoms with Crippen LogP contribution in [0.25, 0.3) is 0 Å². The second-order valence-electron chi connectivity index (χ2n) is 5.79. The van der Waals surface area contributed by atoms with Crippen LogP contribution in [0.15, 0.2) is 24.3 Å². The average Bonchev–Trinajstić information content (AvgIpc) is 2.85. The molecule has 3 atom stereocenters. The molecule has 0 aliphatic carbocycles. The van der Waals surface area contributed by atoms with Gasteiger partial charge in [0.1, 0.15) is 5.82 Å². The predicted octanol–water partition coefficient (Wildman–Crippen LogP) is 2.39. The summed E-state index contributed by atoms with van der Waals surface area (Å²) in [4.78, 5) is 14.4. The fraction of sp³-hybridized carbons (Fsp3) is 0.562. The van der Waals surface area contributed by atoms with E-state index in [0.717, 1.165) is 19.4 Å². The lowest BCUT2D eigenvalue weighted by molar-refractivity contribution is -0.121. The first-order chi connectivity index (χ1) is 9.97. The lowest BCUT2D eigenvalue weighted by atomic mass is 10.1. The molecule has 0 aromatic heterocycles. The molecule has 21 heavy (non-hydrogen) atoms. The molecular weight excluding hydrogens is 271 g/mol. The summed E-state index contributed by atoms with van der Waals surface area (Å²) in [6, 6.07) is 5.84. The fourth-order valence-corrected chi connectivity index (χ4v) is 2.98. The Hall–Kier alpha value is -1.46. The number of amides is 1. The molecule has 1 aliphatic rings. The zero-order valence-electron chi connectivity index (χ0n) is 12.6. The van der Waals surface area contributed by atoms with E-state index in [4.69, 9.17) is 0 Å². The first-order valence-electron chi connectivity index (χ1n) is 7.47. The number of likely N-dealkylation sites (tertiary alicyclic amines) is 1. The molecule has 0 bridgehead atoms. The number of hydrogen-bond acceptors (Lipinski definition) is 3. The number of halogens is 1. The van der Waals surface area contributed by atoms with Gasteiger partial charge < -0.3 is 10.4 Å². The van der Waals surface area contributed by atoms with E-state index in [1.165, 1.54) is 12.1 Å². The Morgan fingerprint density at radius 1 is 1.52 bits per heavy atom. The van der Waals surface area contributed by atoms with Crippen molar-refractivity contribution in [3.05, 3.63) is 30.1 Å². The summed E-state index contributed by atoms with van der Waals surface area (Å²) >= 11 is 0. The minimum atomic E-state index is -0.367. The van der Waals surface area contributed by atoms with Gasteiger partial charge in [0.25, 0.3) is 0 Å². The van der Waals surface area contributed by atoms with Crippen LogP contribution in [0.3, 0.4) is 0 Å². The van der Waals surface area contributed by atoms with E-state index >= 15 is 0 Å². The van der Waals surface area contributed by atoms with E-state index in [0.29, 0.717) is 12.1 Å². The van der Waals surface area contributed by atoms with Crippen LogP contribution in [0.1, 0.15) is 33.1 Å². The maximum atomic E-state index is 13.1. The second-order valence-corrected chi connectivity index (χ2v) is 5.79. The van der Waals surface area contributed by atoms with E-state index in [1.807, 2.05) is 6.92 Å². The van der Waals surface area contributed by atoms with Crippen molar-refractivity contribution in [2.75, 3.05) is 11.9 Å². The summed E-state index contributed by atoms with van der Waals surface area (Å²) in [5.41, 5.74) is 0.470. The summed E-state index contributed by atoms with van der Waals surface area (Å²) in [5.74, 6) is -0.508. The summed E-state index contributed by atoms with van der Waals surface area (Å²) in [6.45, 7) is 4.48. The molecule has 1 fully saturated rings. The number of nitrogens with zero attached hydrogens (tertiary/aromatic N) is 1. The van der Waals surface area contributed by atoms with Gasteiger partial charge in [-0.05, 0) is 57.9 Å². The number of carbonyl (C=O) groups excluding carboxylic acids is 1. The third-order valence-corrected chi connectivity index (χ3v) is 4.00. The molecule has 5 heteroatoms. The van der Waals surface area contributed by atoms with Gasteiger partial charge in [0.05, 0.1) is 12.1 Å². The number of carbonyl (C=O) groups is 1. The van der Waals surface area contributed by atoms with Crippen molar-refractivity contribution in [3.63, 3.8) is 0 Å². The smallest absolute Gasteiger partial charge is 0.241 e. The van der Waals surface area contributed by atoms with Crippen LogP contribution in [0.4, 0.5) is 10.1 Å². The first-order valence-corrected chi connectivity index (χ1v) is 7.47. The third kappa shape index (κ3) is 4.25. The normalized spacial score (nSPS) is 22.0. The van der Waals surface area contributed by atoms with Gasteiger partial charge in [0, 0.05) is 11.7 Å². The molecule has 1 amide bonds. The van der Waals surface area contributed by atoms with Crippen molar-refractivity contribution in [1.29, 1.82) is 0 Å². The number of anilines is 1. The minimum absolute atomic E-state index is 0.141. The largest absolute Gasteiger partial charge is 0.393 e. The highest BCUT2D eigenvalue weighted by molar-refractivity contribution is 5.94. The highest BCUT2D eigenvalue weighted by Crippen LogP contribution is 2.24. The Bertz CT molecular complexity index is 493. The molecule has 3 unspecified atom stereocenters. The summed E-state index contributed by atoms with van der Waals surface area (Å²) in [7, 11) is 0. The van der Waals surface area contributed by atoms with Crippen molar-refractivity contribution < 1.29 is 14.3 Å². The lowest BCUT2D eigenvalue weighted by Crippen LogP contribution is -2.45. The van der Waals surface area contributed by atoms with Gasteiger partial charge in [-0.2, -0.15) is 0 Å². The molecule has 2 N–H and O–H groups in total. The minimum Gasteiger partial charge on any atom is -0.393 e. The Labute approximate surface area is 125 Å². The zero-order valence-corrected chi connectivity index (χ0v) is 12.6. The molecule has 0 saturated carbocycles. The Balaban J connectivity index is 1.98. The van der Waals surface area contributed by atoms with Gasteiger partial charge in [-0.1, -0.05) is 6.07 Å². The van der Waals surface area contributed by atoms with E-state index in [9.17, 15) is 14.3 Å². The molecule has 1 heterocycles. The van der Waals surface area contributed by atoms with Gasteiger partial charge in [-0.3, -0.25) is 9.69 Å². The van der Waals surface area contributed by atoms with Crippen LogP contribution in [0.2, 0.25) is 0 Å². The van der Waals surface area contributed by atoms with Gasteiger partial charge in [0.2, 0.25) is 5.91 Å². The van der Waals surface area contributed by atoms with E-state index in [-0.39, 0.29) is 29.9 Å². The maximum absolute atomic E-state index is 13.1. The molecule has 1 aromatic rings. The highest BCUT2D eigenvalue weighted by atomic mass is 19.1. The maximum Gasteiger partial charge on any atom is 0.241 e. The molecule has 4 nitrogen and oxygen atoms in total. The van der Waals surface area contributed by atoms with Crippen LogP contribution in [-0.2, 0) is 4.79 Å². The molecule has 2 rings (SSSR count). The molecule has 0 spiro atoms. The van der Waals surface area contributed by atoms with E-state index in [2.05, 4.69) is 10.2 Å². The van der Waals surface area contributed by atoms with Crippen LogP contribution in [-0.4, -0.2) is 40.6 Å². The summed E-state index contributed by atoms with van der Waals surface area (Å²) in [5, 5.41) is 12.3. The SMILES string of the molecule is CC(O)CC1CCCN1C(C)C(=O)Nc1cccc(F)c1. The summed E-state index contributed by atoms with van der Waals surface area (Å²) < 4.78 is 13.1. The Kier molecular flexibility index (Phi) is 5.31. The number of rotatable bonds is 5. The second kappa shape index (κ2) is 7.00. The lowest BCUT2D eigenvalue weighted by Gasteiger charge is -2.30. The number of nitrogens with one attached hydrogen (secondary N) is 1. The molecule has 0 radical (unpaired) electrons. The average molecular weight is 294 g/mol. The first kappa shape index (κ1) is 15.9. The van der Waals surface area contributed by atoms with Crippen molar-refractivity contribution in [2.45, 2.75) is 51.3 Å². The van der Waals surface area contributed by atoms with Crippen molar-refractivity contribution in [2.24, 2.45) is 0 Å². The zero-order chi connectivity index (χ0) is 15.4. The number of hydrogen-bond donors (Lipinski definition) is 2.